The average molecular weight is 312 g/mol. The lowest BCUT2D eigenvalue weighted by Gasteiger charge is -2.07. The molecule has 0 saturated carbocycles. The molecule has 0 fully saturated rings. The van der Waals surface area contributed by atoms with Crippen molar-refractivity contribution in [1.29, 1.82) is 0 Å². The van der Waals surface area contributed by atoms with Gasteiger partial charge < -0.3 is 4.74 Å². The van der Waals surface area contributed by atoms with Crippen LogP contribution in [0.5, 0.6) is 5.75 Å². The van der Waals surface area contributed by atoms with Crippen molar-refractivity contribution in [2.75, 3.05) is 20.2 Å². The van der Waals surface area contributed by atoms with E-state index in [1.807, 2.05) is 25.1 Å². The van der Waals surface area contributed by atoms with E-state index in [4.69, 9.17) is 4.74 Å². The third-order valence-corrected chi connectivity index (χ3v) is 3.11. The average Bonchev–Trinajstić information content (AvgIpc) is 2.89. The van der Waals surface area contributed by atoms with Gasteiger partial charge in [-0.2, -0.15) is 5.43 Å². The Morgan fingerprint density at radius 3 is 3.06 bits per heavy atom. The van der Waals surface area contributed by atoms with Gasteiger partial charge in [0.15, 0.2) is 0 Å². The number of methoxy groups -OCH3 is 1. The van der Waals surface area contributed by atoms with Crippen LogP contribution < -0.4 is 20.5 Å². The summed E-state index contributed by atoms with van der Waals surface area (Å²) in [7, 11) is 1.66. The molecule has 0 saturated heterocycles. The van der Waals surface area contributed by atoms with Crippen LogP contribution in [0.15, 0.2) is 27.8 Å². The molecule has 5 nitrogen and oxygen atoms in total. The highest BCUT2D eigenvalue weighted by Gasteiger charge is 2.12. The first-order chi connectivity index (χ1) is 8.70. The second kappa shape index (κ2) is 5.86. The maximum atomic E-state index is 5.33. The molecule has 0 aromatic heterocycles. The van der Waals surface area contributed by atoms with Crippen LogP contribution in [-0.2, 0) is 0 Å². The fourth-order valence-corrected chi connectivity index (χ4v) is 2.04. The van der Waals surface area contributed by atoms with E-state index in [0.717, 1.165) is 40.5 Å². The highest BCUT2D eigenvalue weighted by Crippen LogP contribution is 2.23. The molecule has 0 aliphatic carbocycles. The Labute approximate surface area is 114 Å². The first-order valence-corrected chi connectivity index (χ1v) is 6.49. The molecule has 0 radical (unpaired) electrons. The van der Waals surface area contributed by atoms with Gasteiger partial charge in [0.25, 0.3) is 0 Å². The number of rotatable bonds is 3. The summed E-state index contributed by atoms with van der Waals surface area (Å²) in [6.07, 6.45) is 0. The molecule has 0 unspecified atom stereocenters. The Bertz CT molecular complexity index is 499. The number of guanidine groups is 1. The molecule has 6 heteroatoms. The molecule has 1 aliphatic heterocycles. The molecule has 0 atom stereocenters. The number of nitrogens with zero attached hydrogens (tertiary/aromatic N) is 1. The number of benzene rings is 1. The van der Waals surface area contributed by atoms with Crippen molar-refractivity contribution in [1.82, 2.24) is 10.7 Å². The molecule has 1 aliphatic rings. The van der Waals surface area contributed by atoms with E-state index in [-0.39, 0.29) is 0 Å². The van der Waals surface area contributed by atoms with Crippen LogP contribution in [0.25, 0.3) is 0 Å². The summed E-state index contributed by atoms with van der Waals surface area (Å²) in [5.41, 5.74) is 4.78. The van der Waals surface area contributed by atoms with Crippen LogP contribution in [-0.4, -0.2) is 31.9 Å². The van der Waals surface area contributed by atoms with E-state index in [1.54, 1.807) is 7.11 Å². The SMILES string of the molecule is COc1ccc(Br)cc1/C(C)=N\NC1=[NH+]CCN1. The highest BCUT2D eigenvalue weighted by molar-refractivity contribution is 9.10. The summed E-state index contributed by atoms with van der Waals surface area (Å²) in [4.78, 5) is 3.15. The van der Waals surface area contributed by atoms with Gasteiger partial charge in [0.1, 0.15) is 5.75 Å². The monoisotopic (exact) mass is 311 g/mol. The Hall–Kier alpha value is -1.56. The summed E-state index contributed by atoms with van der Waals surface area (Å²) in [5.74, 6) is 1.64. The Kier molecular flexibility index (Phi) is 4.19. The maximum absolute atomic E-state index is 5.33. The predicted molar refractivity (Wildman–Crippen MR) is 74.9 cm³/mol. The fourth-order valence-electron chi connectivity index (χ4n) is 1.68. The molecule has 1 heterocycles. The van der Waals surface area contributed by atoms with Gasteiger partial charge in [-0.3, -0.25) is 10.3 Å². The van der Waals surface area contributed by atoms with Crippen molar-refractivity contribution in [2.45, 2.75) is 6.92 Å². The summed E-state index contributed by atoms with van der Waals surface area (Å²) in [5, 5.41) is 7.48. The van der Waals surface area contributed by atoms with Crippen molar-refractivity contribution < 1.29 is 9.73 Å². The second-order valence-corrected chi connectivity index (χ2v) is 4.80. The van der Waals surface area contributed by atoms with Crippen LogP contribution in [0.1, 0.15) is 12.5 Å². The number of ether oxygens (including phenoxy) is 1. The standard InChI is InChI=1S/C12H15BrN4O/c1-8(16-17-12-14-5-6-15-12)10-7-9(13)3-4-11(10)18-2/h3-4,7H,5-6H2,1-2H3,(H2,14,15,17)/p+1/b16-8-. The van der Waals surface area contributed by atoms with Crippen molar-refractivity contribution in [3.63, 3.8) is 0 Å². The zero-order chi connectivity index (χ0) is 13.0. The van der Waals surface area contributed by atoms with Crippen LogP contribution in [0.2, 0.25) is 0 Å². The number of hydrogen-bond donors (Lipinski definition) is 3. The Morgan fingerprint density at radius 2 is 2.39 bits per heavy atom. The van der Waals surface area contributed by atoms with Crippen molar-refractivity contribution in [2.24, 2.45) is 5.10 Å². The zero-order valence-electron chi connectivity index (χ0n) is 10.4. The molecule has 18 heavy (non-hydrogen) atoms. The van der Waals surface area contributed by atoms with Crippen molar-refractivity contribution in [3.05, 3.63) is 28.2 Å². The normalized spacial score (nSPS) is 15.1. The lowest BCUT2D eigenvalue weighted by Crippen LogP contribution is -2.73. The highest BCUT2D eigenvalue weighted by atomic mass is 79.9. The van der Waals surface area contributed by atoms with Crippen LogP contribution in [0, 0.1) is 0 Å². The molecule has 2 rings (SSSR count). The fraction of sp³-hybridized carbons (Fsp3) is 0.333. The van der Waals surface area contributed by atoms with E-state index >= 15 is 0 Å². The van der Waals surface area contributed by atoms with Crippen molar-refractivity contribution in [3.8, 4) is 5.75 Å². The molecule has 0 amide bonds. The lowest BCUT2D eigenvalue weighted by atomic mass is 10.1. The van der Waals surface area contributed by atoms with E-state index in [2.05, 4.69) is 36.8 Å². The van der Waals surface area contributed by atoms with Crippen molar-refractivity contribution >= 4 is 27.6 Å². The van der Waals surface area contributed by atoms with Gasteiger partial charge in [0, 0.05) is 10.0 Å². The number of hydrazone groups is 1. The quantitative estimate of drug-likeness (QED) is 0.536. The Morgan fingerprint density at radius 1 is 1.56 bits per heavy atom. The summed E-state index contributed by atoms with van der Waals surface area (Å²) in [6.45, 7) is 3.76. The second-order valence-electron chi connectivity index (χ2n) is 3.88. The van der Waals surface area contributed by atoms with Gasteiger partial charge in [-0.15, -0.1) is 5.10 Å². The van der Waals surface area contributed by atoms with Gasteiger partial charge in [-0.1, -0.05) is 15.9 Å². The maximum Gasteiger partial charge on any atom is 0.367 e. The molecule has 0 bridgehead atoms. The first kappa shape index (κ1) is 12.9. The first-order valence-electron chi connectivity index (χ1n) is 5.69. The minimum Gasteiger partial charge on any atom is -0.496 e. The zero-order valence-corrected chi connectivity index (χ0v) is 12.0. The summed E-state index contributed by atoms with van der Waals surface area (Å²) in [6, 6.07) is 5.84. The van der Waals surface area contributed by atoms with E-state index < -0.39 is 0 Å². The molecule has 96 valence electrons. The predicted octanol–water partition coefficient (Wildman–Crippen LogP) is -0.189. The van der Waals surface area contributed by atoms with E-state index in [0.29, 0.717) is 0 Å². The minimum absolute atomic E-state index is 0.804. The van der Waals surface area contributed by atoms with Gasteiger partial charge in [-0.25, -0.2) is 0 Å². The van der Waals surface area contributed by atoms with Gasteiger partial charge in [0.2, 0.25) is 0 Å². The minimum atomic E-state index is 0.804. The lowest BCUT2D eigenvalue weighted by molar-refractivity contribution is -0.446. The van der Waals surface area contributed by atoms with Gasteiger partial charge >= 0.3 is 5.96 Å². The third kappa shape index (κ3) is 3.01. The summed E-state index contributed by atoms with van der Waals surface area (Å²) < 4.78 is 6.32. The Balaban J connectivity index is 2.18. The number of nitrogens with one attached hydrogen (secondary N) is 3. The molecule has 0 spiro atoms. The van der Waals surface area contributed by atoms with Crippen LogP contribution in [0.3, 0.4) is 0 Å². The molecule has 3 N–H and O–H groups in total. The molecule has 1 aromatic rings. The van der Waals surface area contributed by atoms with E-state index in [9.17, 15) is 0 Å². The van der Waals surface area contributed by atoms with Gasteiger partial charge in [0.05, 0.1) is 25.9 Å². The molecular formula is C12H16BrN4O+. The largest absolute Gasteiger partial charge is 0.496 e. The summed E-state index contributed by atoms with van der Waals surface area (Å²) >= 11 is 3.45. The number of hydrogen-bond acceptors (Lipinski definition) is 4. The smallest absolute Gasteiger partial charge is 0.367 e. The number of halogens is 1. The third-order valence-electron chi connectivity index (χ3n) is 2.62. The molecule has 1 aromatic carbocycles. The molecular weight excluding hydrogens is 296 g/mol. The topological polar surface area (TPSA) is 59.6 Å². The van der Waals surface area contributed by atoms with Crippen LogP contribution in [0.4, 0.5) is 0 Å². The van der Waals surface area contributed by atoms with Gasteiger partial charge in [-0.05, 0) is 25.1 Å². The van der Waals surface area contributed by atoms with E-state index in [1.165, 1.54) is 0 Å². The van der Waals surface area contributed by atoms with Crippen LogP contribution >= 0.6 is 15.9 Å².